The first-order valence-electron chi connectivity index (χ1n) is 0. The molecule has 0 spiro atoms. The largest absolute Gasteiger partial charge is 3.00 e. The minimum Gasteiger partial charge on any atom is -2.00 e. The summed E-state index contributed by atoms with van der Waals surface area (Å²) in [6.45, 7) is 0. The molecule has 0 aromatic carbocycles. The second-order valence-electron chi connectivity index (χ2n) is 0. The quantitative estimate of drug-likeness (QED) is 0.488. The summed E-state index contributed by atoms with van der Waals surface area (Å²) in [6, 6.07) is 0. The fraction of sp³-hybridized carbons (Fsp3) is 0. The minimum atomic E-state index is 0. The maximum absolute atomic E-state index is 0. The smallest absolute Gasteiger partial charge is 2.00 e. The average Bonchev–Trinajstić information content (AvgIpc) is 0. The van der Waals surface area contributed by atoms with Crippen molar-refractivity contribution in [3.63, 3.8) is 0 Å². The summed E-state index contributed by atoms with van der Waals surface area (Å²) in [5.41, 5.74) is 0. The van der Waals surface area contributed by atoms with Crippen molar-refractivity contribution in [2.45, 2.75) is 0 Å². The molecule has 2 nitrogen and oxygen atoms in total. The third kappa shape index (κ3) is 18.0. The maximum Gasteiger partial charge on any atom is 3.00 e. The van der Waals surface area contributed by atoms with Gasteiger partial charge in [0.1, 0.15) is 0 Å². The van der Waals surface area contributed by atoms with Gasteiger partial charge in [-0.2, -0.15) is 0 Å². The van der Waals surface area contributed by atoms with Crippen molar-refractivity contribution < 1.29 is 136 Å². The second kappa shape index (κ2) is 24.4. The zero-order valence-electron chi connectivity index (χ0n) is 2.32. The Labute approximate surface area is 132 Å². The first-order valence-corrected chi connectivity index (χ1v) is 0. The van der Waals surface area contributed by atoms with Gasteiger partial charge in [-0.15, -0.1) is 0 Å². The minimum absolute atomic E-state index is 0. The summed E-state index contributed by atoms with van der Waals surface area (Å²) in [6.07, 6.45) is 0. The summed E-state index contributed by atoms with van der Waals surface area (Å²) in [7, 11) is 0. The molecular formula is Ce3O2+5. The van der Waals surface area contributed by atoms with E-state index in [0.29, 0.717) is 0 Å². The van der Waals surface area contributed by atoms with E-state index in [9.17, 15) is 0 Å². The van der Waals surface area contributed by atoms with Crippen LogP contribution in [0.2, 0.25) is 0 Å². The van der Waals surface area contributed by atoms with E-state index in [1.165, 1.54) is 0 Å². The van der Waals surface area contributed by atoms with Gasteiger partial charge in [-0.25, -0.2) is 0 Å². The average molecular weight is 452 g/mol. The molecule has 0 saturated carbocycles. The fourth-order valence-electron chi connectivity index (χ4n) is 0. The summed E-state index contributed by atoms with van der Waals surface area (Å²) in [5.74, 6) is 0. The first-order chi connectivity index (χ1) is 0. The van der Waals surface area contributed by atoms with Crippen molar-refractivity contribution in [2.24, 2.45) is 0 Å². The molecule has 19 valence electrons. The third-order valence-electron chi connectivity index (χ3n) is 0. The van der Waals surface area contributed by atoms with Gasteiger partial charge < -0.3 is 11.0 Å². The van der Waals surface area contributed by atoms with Gasteiger partial charge in [0, 0.05) is 0 Å². The molecule has 0 aliphatic carbocycles. The summed E-state index contributed by atoms with van der Waals surface area (Å²) >= 11 is 0. The van der Waals surface area contributed by atoms with Gasteiger partial charge >= 0.3 is 125 Å². The van der Waals surface area contributed by atoms with Crippen molar-refractivity contribution in [1.29, 1.82) is 0 Å². The van der Waals surface area contributed by atoms with E-state index in [4.69, 9.17) is 0 Å². The van der Waals surface area contributed by atoms with E-state index < -0.39 is 0 Å². The van der Waals surface area contributed by atoms with Crippen LogP contribution in [0.25, 0.3) is 0 Å². The normalized spacial score (nSPS) is 0. The molecule has 0 atom stereocenters. The van der Waals surface area contributed by atoms with Gasteiger partial charge in [-0.1, -0.05) is 0 Å². The van der Waals surface area contributed by atoms with Crippen molar-refractivity contribution in [3.05, 3.63) is 0 Å². The molecule has 0 aliphatic heterocycles. The van der Waals surface area contributed by atoms with Crippen LogP contribution in [0.15, 0.2) is 0 Å². The van der Waals surface area contributed by atoms with Gasteiger partial charge in [-0.05, 0) is 0 Å². The molecule has 0 N–H and O–H groups in total. The van der Waals surface area contributed by atoms with E-state index in [0.717, 1.165) is 0 Å². The van der Waals surface area contributed by atoms with Crippen LogP contribution in [0.4, 0.5) is 0 Å². The molecule has 0 aliphatic rings. The zero-order chi connectivity index (χ0) is 0. The van der Waals surface area contributed by atoms with Crippen LogP contribution in [0.3, 0.4) is 0 Å². The number of rotatable bonds is 0. The molecule has 0 fully saturated rings. The Morgan fingerprint density at radius 3 is 0.400 bits per heavy atom. The van der Waals surface area contributed by atoms with Gasteiger partial charge in [0.15, 0.2) is 0 Å². The monoisotopic (exact) mass is 452 g/mol. The van der Waals surface area contributed by atoms with E-state index in [1.54, 1.807) is 0 Å². The predicted octanol–water partition coefficient (Wildman–Crippen LogP) is -0.238. The van der Waals surface area contributed by atoms with Gasteiger partial charge in [0.2, 0.25) is 0 Å². The van der Waals surface area contributed by atoms with Crippen LogP contribution in [0, 0.1) is 125 Å². The maximum atomic E-state index is 0. The number of hydrogen-bond acceptors (Lipinski definition) is 0. The third-order valence-corrected chi connectivity index (χ3v) is 0. The molecule has 0 bridgehead atoms. The molecular weight excluding hydrogens is 452 g/mol. The SMILES string of the molecule is [Ce+3].[Ce+3].[Ce+3].[O-2].[O-2]. The Bertz CT molecular complexity index is 4.85. The predicted molar refractivity (Wildman–Crippen MR) is 1.37 cm³/mol. The second-order valence-corrected chi connectivity index (χ2v) is 0. The van der Waals surface area contributed by atoms with Crippen molar-refractivity contribution in [2.75, 3.05) is 0 Å². The Morgan fingerprint density at radius 1 is 0.400 bits per heavy atom. The van der Waals surface area contributed by atoms with Gasteiger partial charge in [0.25, 0.3) is 0 Å². The van der Waals surface area contributed by atoms with Gasteiger partial charge in [0.05, 0.1) is 0 Å². The van der Waals surface area contributed by atoms with Crippen LogP contribution in [0.5, 0.6) is 0 Å². The Morgan fingerprint density at radius 2 is 0.400 bits per heavy atom. The van der Waals surface area contributed by atoms with Crippen LogP contribution in [-0.4, -0.2) is 0 Å². The summed E-state index contributed by atoms with van der Waals surface area (Å²) < 4.78 is 0. The van der Waals surface area contributed by atoms with Crippen LogP contribution >= 0.6 is 0 Å². The van der Waals surface area contributed by atoms with Crippen molar-refractivity contribution in [3.8, 4) is 0 Å². The molecule has 0 aromatic rings. The van der Waals surface area contributed by atoms with Crippen molar-refractivity contribution >= 4 is 0 Å². The number of hydrogen-bond donors (Lipinski definition) is 0. The fourth-order valence-corrected chi connectivity index (χ4v) is 0. The van der Waals surface area contributed by atoms with E-state index in [-0.39, 0.29) is 136 Å². The van der Waals surface area contributed by atoms with E-state index in [1.807, 2.05) is 0 Å². The molecule has 0 rings (SSSR count). The molecule has 3 radical (unpaired) electrons. The van der Waals surface area contributed by atoms with E-state index >= 15 is 0 Å². The first kappa shape index (κ1) is 35.8. The Balaban J connectivity index is 0. The molecule has 0 heterocycles. The zero-order valence-corrected chi connectivity index (χ0v) is 11.7. The molecule has 5 heteroatoms. The molecule has 5 heavy (non-hydrogen) atoms. The molecule has 0 saturated heterocycles. The summed E-state index contributed by atoms with van der Waals surface area (Å²) in [5, 5.41) is 0. The molecule has 0 amide bonds. The van der Waals surface area contributed by atoms with Gasteiger partial charge in [-0.3, -0.25) is 0 Å². The van der Waals surface area contributed by atoms with Crippen LogP contribution < -0.4 is 0 Å². The van der Waals surface area contributed by atoms with Crippen LogP contribution in [-0.2, 0) is 11.0 Å². The Kier molecular flexibility index (Phi) is 174. The van der Waals surface area contributed by atoms with Crippen LogP contribution in [0.1, 0.15) is 0 Å². The van der Waals surface area contributed by atoms with Crippen molar-refractivity contribution in [1.82, 2.24) is 0 Å². The summed E-state index contributed by atoms with van der Waals surface area (Å²) in [4.78, 5) is 0. The standard InChI is InChI=1S/3Ce.2O/q3*+3;2*-2. The topological polar surface area (TPSA) is 57.0 Å². The molecule has 0 aromatic heterocycles. The van der Waals surface area contributed by atoms with E-state index in [2.05, 4.69) is 0 Å². The Hall–Kier alpha value is 4.05. The molecule has 0 unspecified atom stereocenters.